The molecule has 5 nitrogen and oxygen atoms in total. The van der Waals surface area contributed by atoms with E-state index in [0.717, 1.165) is 19.5 Å². The van der Waals surface area contributed by atoms with Crippen LogP contribution in [0.3, 0.4) is 0 Å². The Morgan fingerprint density at radius 2 is 1.48 bits per heavy atom. The van der Waals surface area contributed by atoms with Crippen LogP contribution in [0.4, 0.5) is 0 Å². The molecule has 0 amide bonds. The third kappa shape index (κ3) is 17.6. The highest BCUT2D eigenvalue weighted by molar-refractivity contribution is 7.85. The Morgan fingerprint density at radius 1 is 1.00 bits per heavy atom. The van der Waals surface area contributed by atoms with Crippen LogP contribution < -0.4 is 4.90 Å². The Kier molecular flexibility index (Phi) is 13.5. The molecular formula is C17H36N2O3S. The van der Waals surface area contributed by atoms with E-state index in [2.05, 4.69) is 38.3 Å². The molecule has 1 atom stereocenters. The summed E-state index contributed by atoms with van der Waals surface area (Å²) < 4.78 is 30.9. The molecule has 1 unspecified atom stereocenters. The Morgan fingerprint density at radius 3 is 1.78 bits per heavy atom. The van der Waals surface area contributed by atoms with E-state index in [1.54, 1.807) is 0 Å². The van der Waals surface area contributed by atoms with Crippen molar-refractivity contribution in [2.24, 2.45) is 0 Å². The van der Waals surface area contributed by atoms with Crippen molar-refractivity contribution >= 4 is 10.1 Å². The number of nitrogens with one attached hydrogen (secondary N) is 1. The summed E-state index contributed by atoms with van der Waals surface area (Å²) in [6, 6.07) is 0. The second-order valence-corrected chi connectivity index (χ2v) is 8.04. The molecule has 23 heavy (non-hydrogen) atoms. The Labute approximate surface area is 143 Å². The molecule has 138 valence electrons. The largest absolute Gasteiger partial charge is 0.748 e. The number of hydrogen-bond donors (Lipinski definition) is 1. The van der Waals surface area contributed by atoms with Gasteiger partial charge in [-0.1, -0.05) is 64.7 Å². The molecule has 0 aromatic rings. The molecule has 0 saturated carbocycles. The summed E-state index contributed by atoms with van der Waals surface area (Å²) in [6.45, 7) is 3.32. The van der Waals surface area contributed by atoms with Crippen LogP contribution in [0.15, 0.2) is 12.4 Å². The van der Waals surface area contributed by atoms with E-state index in [-0.39, 0.29) is 5.75 Å². The van der Waals surface area contributed by atoms with Crippen LogP contribution in [0.1, 0.15) is 71.1 Å². The van der Waals surface area contributed by atoms with Crippen LogP contribution in [0.5, 0.6) is 0 Å². The van der Waals surface area contributed by atoms with Gasteiger partial charge in [0.15, 0.2) is 6.67 Å². The number of nitrogens with zero attached hydrogens (tertiary/aromatic N) is 1. The molecule has 1 rings (SSSR count). The predicted molar refractivity (Wildman–Crippen MR) is 95.1 cm³/mol. The summed E-state index contributed by atoms with van der Waals surface area (Å²) in [7, 11) is 0.233. The Hall–Kier alpha value is -0.590. The first-order valence-electron chi connectivity index (χ1n) is 8.99. The first-order chi connectivity index (χ1) is 10.8. The van der Waals surface area contributed by atoms with Gasteiger partial charge in [0.25, 0.3) is 0 Å². The fourth-order valence-corrected chi connectivity index (χ4v) is 3.08. The average Bonchev–Trinajstić information content (AvgIpc) is 2.84. The van der Waals surface area contributed by atoms with Crippen LogP contribution >= 0.6 is 0 Å². The van der Waals surface area contributed by atoms with Crippen LogP contribution in [0, 0.1) is 0 Å². The number of quaternary nitrogens is 1. The van der Waals surface area contributed by atoms with Crippen molar-refractivity contribution in [3.05, 3.63) is 12.4 Å². The fraction of sp³-hybridized carbons (Fsp3) is 0.882. The molecule has 6 heteroatoms. The van der Waals surface area contributed by atoms with Gasteiger partial charge in [-0.3, -0.25) is 4.90 Å². The quantitative estimate of drug-likeness (QED) is 0.460. The SMILES string of the molecule is CCCCCCCCCCCCS(=O)(=O)[O-].CN1C=C[NH+](C)C1. The van der Waals surface area contributed by atoms with Gasteiger partial charge in [-0.25, -0.2) is 8.42 Å². The van der Waals surface area contributed by atoms with Gasteiger partial charge in [-0.15, -0.1) is 0 Å². The van der Waals surface area contributed by atoms with Gasteiger partial charge in [0.05, 0.1) is 23.4 Å². The smallest absolute Gasteiger partial charge is 0.156 e. The van der Waals surface area contributed by atoms with Crippen LogP contribution in [0.2, 0.25) is 0 Å². The van der Waals surface area contributed by atoms with Crippen molar-refractivity contribution in [1.82, 2.24) is 4.90 Å². The molecule has 0 bridgehead atoms. The van der Waals surface area contributed by atoms with E-state index in [1.807, 2.05) is 0 Å². The minimum absolute atomic E-state index is 0.191. The topological polar surface area (TPSA) is 64.9 Å². The van der Waals surface area contributed by atoms with E-state index < -0.39 is 10.1 Å². The minimum atomic E-state index is -3.98. The van der Waals surface area contributed by atoms with Crippen LogP contribution in [0.25, 0.3) is 0 Å². The summed E-state index contributed by atoms with van der Waals surface area (Å²) in [5.41, 5.74) is 0. The third-order valence-electron chi connectivity index (χ3n) is 3.86. The van der Waals surface area contributed by atoms with Crippen molar-refractivity contribution < 1.29 is 17.9 Å². The maximum absolute atomic E-state index is 10.3. The molecule has 1 heterocycles. The van der Waals surface area contributed by atoms with Crippen LogP contribution in [-0.4, -0.2) is 44.4 Å². The van der Waals surface area contributed by atoms with E-state index in [4.69, 9.17) is 0 Å². The molecule has 0 aromatic carbocycles. The van der Waals surface area contributed by atoms with Crippen molar-refractivity contribution in [1.29, 1.82) is 0 Å². The standard InChI is InChI=1S/C12H26O3S.C5H10N2/c1-2-3-4-5-6-7-8-9-10-11-12-16(13,14)15;1-6-3-4-7(2)5-6/h2-12H2,1H3,(H,13,14,15);3-4H,5H2,1-2H3. The molecule has 0 radical (unpaired) electrons. The third-order valence-corrected chi connectivity index (χ3v) is 4.65. The molecule has 1 aliphatic rings. The first-order valence-corrected chi connectivity index (χ1v) is 10.6. The van der Waals surface area contributed by atoms with E-state index >= 15 is 0 Å². The first kappa shape index (κ1) is 22.4. The predicted octanol–water partition coefficient (Wildman–Crippen LogP) is 2.33. The average molecular weight is 349 g/mol. The lowest BCUT2D eigenvalue weighted by molar-refractivity contribution is -0.826. The Bertz CT molecular complexity index is 387. The highest BCUT2D eigenvalue weighted by atomic mass is 32.2. The van der Waals surface area contributed by atoms with Gasteiger partial charge < -0.3 is 9.45 Å². The summed E-state index contributed by atoms with van der Waals surface area (Å²) in [5, 5.41) is 0. The normalized spacial score (nSPS) is 17.2. The monoisotopic (exact) mass is 348 g/mol. The highest BCUT2D eigenvalue weighted by Gasteiger charge is 2.05. The molecule has 0 saturated heterocycles. The lowest BCUT2D eigenvalue weighted by Crippen LogP contribution is -3.03. The molecule has 1 aliphatic heterocycles. The summed E-state index contributed by atoms with van der Waals surface area (Å²) in [5.74, 6) is -0.191. The van der Waals surface area contributed by atoms with Gasteiger partial charge in [0.2, 0.25) is 0 Å². The second kappa shape index (κ2) is 13.8. The highest BCUT2D eigenvalue weighted by Crippen LogP contribution is 2.10. The van der Waals surface area contributed by atoms with E-state index in [9.17, 15) is 13.0 Å². The van der Waals surface area contributed by atoms with Gasteiger partial charge >= 0.3 is 0 Å². The fourth-order valence-electron chi connectivity index (χ4n) is 2.52. The maximum Gasteiger partial charge on any atom is 0.156 e. The molecule has 0 aliphatic carbocycles. The summed E-state index contributed by atoms with van der Waals surface area (Å²) in [6.07, 6.45) is 15.7. The van der Waals surface area contributed by atoms with E-state index in [0.29, 0.717) is 6.42 Å². The van der Waals surface area contributed by atoms with Gasteiger partial charge in [0.1, 0.15) is 6.20 Å². The lowest BCUT2D eigenvalue weighted by atomic mass is 10.1. The summed E-state index contributed by atoms with van der Waals surface area (Å²) >= 11 is 0. The van der Waals surface area contributed by atoms with Gasteiger partial charge in [-0.05, 0) is 6.42 Å². The van der Waals surface area contributed by atoms with Crippen molar-refractivity contribution in [3.63, 3.8) is 0 Å². The zero-order chi connectivity index (χ0) is 17.6. The van der Waals surface area contributed by atoms with Crippen LogP contribution in [-0.2, 0) is 10.1 Å². The summed E-state index contributed by atoms with van der Waals surface area (Å²) in [4.78, 5) is 3.61. The second-order valence-electron chi connectivity index (χ2n) is 6.52. The van der Waals surface area contributed by atoms with Gasteiger partial charge in [-0.2, -0.15) is 0 Å². The van der Waals surface area contributed by atoms with Gasteiger partial charge in [0, 0.05) is 12.8 Å². The van der Waals surface area contributed by atoms with E-state index in [1.165, 1.54) is 49.8 Å². The number of unbranched alkanes of at least 4 members (excludes halogenated alkanes) is 9. The maximum atomic E-state index is 10.3. The number of rotatable bonds is 11. The molecule has 1 N–H and O–H groups in total. The van der Waals surface area contributed by atoms with Crippen molar-refractivity contribution in [2.75, 3.05) is 26.5 Å². The molecule has 0 spiro atoms. The van der Waals surface area contributed by atoms with Crippen molar-refractivity contribution in [3.8, 4) is 0 Å². The lowest BCUT2D eigenvalue weighted by Gasteiger charge is -2.05. The number of hydrogen-bond acceptors (Lipinski definition) is 4. The van der Waals surface area contributed by atoms with Crippen molar-refractivity contribution in [2.45, 2.75) is 71.1 Å². The minimum Gasteiger partial charge on any atom is -0.748 e. The zero-order valence-electron chi connectivity index (χ0n) is 15.2. The Balaban J connectivity index is 0.000000568. The molecular weight excluding hydrogens is 312 g/mol. The molecule has 0 fully saturated rings. The zero-order valence-corrected chi connectivity index (χ0v) is 16.0. The molecule has 0 aromatic heterocycles.